The van der Waals surface area contributed by atoms with Crippen molar-refractivity contribution in [3.05, 3.63) is 30.0 Å². The minimum Gasteiger partial charge on any atom is -0.337 e. The summed E-state index contributed by atoms with van der Waals surface area (Å²) in [5, 5.41) is 7.82. The van der Waals surface area contributed by atoms with Gasteiger partial charge in [0.2, 0.25) is 0 Å². The summed E-state index contributed by atoms with van der Waals surface area (Å²) < 4.78 is 0. The lowest BCUT2D eigenvalue weighted by Gasteiger charge is -2.15. The topological polar surface area (TPSA) is 75.0 Å². The molecule has 3 rings (SSSR count). The van der Waals surface area contributed by atoms with Crippen LogP contribution in [-0.4, -0.2) is 40.1 Å². The predicted octanol–water partition coefficient (Wildman–Crippen LogP) is 0.736. The van der Waals surface area contributed by atoms with Gasteiger partial charge in [0, 0.05) is 30.1 Å². The molecule has 1 amide bonds. The van der Waals surface area contributed by atoms with Crippen LogP contribution in [0.4, 0.5) is 0 Å². The van der Waals surface area contributed by atoms with Gasteiger partial charge in [-0.3, -0.25) is 9.89 Å². The predicted molar refractivity (Wildman–Crippen MR) is 64.6 cm³/mol. The number of rotatable bonds is 1. The van der Waals surface area contributed by atoms with E-state index < -0.39 is 0 Å². The van der Waals surface area contributed by atoms with Gasteiger partial charge in [-0.2, -0.15) is 5.10 Å². The van der Waals surface area contributed by atoms with Gasteiger partial charge >= 0.3 is 0 Å². The highest BCUT2D eigenvalue weighted by Crippen LogP contribution is 2.16. The number of carbonyl (C=O) groups excluding carboxylic acids is 1. The average molecular weight is 230 g/mol. The first-order valence-electron chi connectivity index (χ1n) is 5.72. The smallest absolute Gasteiger partial charge is 0.253 e. The molecule has 5 nitrogen and oxygen atoms in total. The molecular weight excluding hydrogens is 216 g/mol. The molecule has 1 fully saturated rings. The van der Waals surface area contributed by atoms with E-state index in [4.69, 9.17) is 5.73 Å². The fraction of sp³-hybridized carbons (Fsp3) is 0.333. The van der Waals surface area contributed by atoms with Crippen molar-refractivity contribution in [1.29, 1.82) is 0 Å². The summed E-state index contributed by atoms with van der Waals surface area (Å²) in [7, 11) is 0. The number of aromatic amines is 1. The second kappa shape index (κ2) is 3.85. The molecule has 0 spiro atoms. The van der Waals surface area contributed by atoms with Crippen LogP contribution in [-0.2, 0) is 0 Å². The van der Waals surface area contributed by atoms with Crippen LogP contribution in [0, 0.1) is 0 Å². The molecule has 88 valence electrons. The first-order valence-corrected chi connectivity index (χ1v) is 5.72. The zero-order valence-electron chi connectivity index (χ0n) is 9.39. The number of benzene rings is 1. The number of nitrogens with two attached hydrogens (primary N) is 1. The van der Waals surface area contributed by atoms with Crippen molar-refractivity contribution in [2.75, 3.05) is 13.1 Å². The summed E-state index contributed by atoms with van der Waals surface area (Å²) in [5.74, 6) is 0.0504. The summed E-state index contributed by atoms with van der Waals surface area (Å²) in [6.45, 7) is 1.40. The van der Waals surface area contributed by atoms with Gasteiger partial charge in [-0.25, -0.2) is 0 Å². The van der Waals surface area contributed by atoms with E-state index in [-0.39, 0.29) is 11.9 Å². The Kier molecular flexibility index (Phi) is 2.33. The Hall–Kier alpha value is -1.88. The molecule has 2 aromatic rings. The largest absolute Gasteiger partial charge is 0.337 e. The van der Waals surface area contributed by atoms with Gasteiger partial charge < -0.3 is 10.6 Å². The van der Waals surface area contributed by atoms with Crippen LogP contribution in [0.25, 0.3) is 10.9 Å². The zero-order valence-corrected chi connectivity index (χ0v) is 9.39. The third-order valence-corrected chi connectivity index (χ3v) is 3.20. The van der Waals surface area contributed by atoms with Crippen LogP contribution < -0.4 is 5.73 Å². The molecule has 1 aromatic heterocycles. The SMILES string of the molecule is N[C@H]1CCN(C(=O)c2ccc3cn[nH]c3c2)C1. The lowest BCUT2D eigenvalue weighted by molar-refractivity contribution is 0.0791. The molecule has 1 aliphatic heterocycles. The molecule has 0 bridgehead atoms. The quantitative estimate of drug-likeness (QED) is 0.758. The number of likely N-dealkylation sites (tertiary alicyclic amines) is 1. The molecule has 1 aliphatic rings. The van der Waals surface area contributed by atoms with E-state index in [1.165, 1.54) is 0 Å². The van der Waals surface area contributed by atoms with Gasteiger partial charge in [0.1, 0.15) is 0 Å². The maximum absolute atomic E-state index is 12.2. The number of hydrogen-bond donors (Lipinski definition) is 2. The van der Waals surface area contributed by atoms with E-state index in [0.29, 0.717) is 12.1 Å². The maximum atomic E-state index is 12.2. The van der Waals surface area contributed by atoms with Crippen molar-refractivity contribution in [2.45, 2.75) is 12.5 Å². The summed E-state index contributed by atoms with van der Waals surface area (Å²) in [5.41, 5.74) is 7.38. The lowest BCUT2D eigenvalue weighted by atomic mass is 10.1. The number of hydrogen-bond acceptors (Lipinski definition) is 3. The van der Waals surface area contributed by atoms with Gasteiger partial charge in [0.05, 0.1) is 11.7 Å². The molecule has 1 saturated heterocycles. The Morgan fingerprint density at radius 1 is 1.53 bits per heavy atom. The van der Waals surface area contributed by atoms with Crippen molar-refractivity contribution in [3.63, 3.8) is 0 Å². The van der Waals surface area contributed by atoms with Crippen molar-refractivity contribution in [2.24, 2.45) is 5.73 Å². The molecule has 1 aromatic carbocycles. The summed E-state index contributed by atoms with van der Waals surface area (Å²) >= 11 is 0. The van der Waals surface area contributed by atoms with Crippen LogP contribution in [0.2, 0.25) is 0 Å². The molecule has 0 aliphatic carbocycles. The lowest BCUT2D eigenvalue weighted by Crippen LogP contribution is -2.31. The van der Waals surface area contributed by atoms with Crippen LogP contribution in [0.5, 0.6) is 0 Å². The van der Waals surface area contributed by atoms with Gasteiger partial charge in [-0.15, -0.1) is 0 Å². The molecule has 17 heavy (non-hydrogen) atoms. The van der Waals surface area contributed by atoms with Crippen molar-refractivity contribution < 1.29 is 4.79 Å². The minimum atomic E-state index is 0.0504. The van der Waals surface area contributed by atoms with Crippen molar-refractivity contribution in [1.82, 2.24) is 15.1 Å². The highest BCUT2D eigenvalue weighted by molar-refractivity contribution is 5.97. The highest BCUT2D eigenvalue weighted by Gasteiger charge is 2.24. The number of carbonyl (C=O) groups is 1. The zero-order chi connectivity index (χ0) is 11.8. The fourth-order valence-corrected chi connectivity index (χ4v) is 2.22. The summed E-state index contributed by atoms with van der Waals surface area (Å²) in [6, 6.07) is 5.70. The van der Waals surface area contributed by atoms with Crippen molar-refractivity contribution in [3.8, 4) is 0 Å². The molecule has 0 radical (unpaired) electrons. The summed E-state index contributed by atoms with van der Waals surface area (Å²) in [6.07, 6.45) is 2.63. The van der Waals surface area contributed by atoms with Crippen LogP contribution in [0.1, 0.15) is 16.8 Å². The second-order valence-electron chi connectivity index (χ2n) is 4.47. The number of amides is 1. The van der Waals surface area contributed by atoms with E-state index in [2.05, 4.69) is 10.2 Å². The Bertz CT molecular complexity index is 562. The van der Waals surface area contributed by atoms with Crippen LogP contribution in [0.3, 0.4) is 0 Å². The van der Waals surface area contributed by atoms with E-state index in [9.17, 15) is 4.79 Å². The highest BCUT2D eigenvalue weighted by atomic mass is 16.2. The average Bonchev–Trinajstić information content (AvgIpc) is 2.95. The molecular formula is C12H14N4O. The normalized spacial score (nSPS) is 20.1. The van der Waals surface area contributed by atoms with Gasteiger partial charge in [-0.05, 0) is 18.6 Å². The first-order chi connectivity index (χ1) is 8.24. The fourth-order valence-electron chi connectivity index (χ4n) is 2.22. The number of nitrogens with zero attached hydrogens (tertiary/aromatic N) is 2. The van der Waals surface area contributed by atoms with E-state index in [0.717, 1.165) is 23.9 Å². The van der Waals surface area contributed by atoms with Gasteiger partial charge in [0.15, 0.2) is 0 Å². The number of fused-ring (bicyclic) bond motifs is 1. The number of nitrogens with one attached hydrogen (secondary N) is 1. The Balaban J connectivity index is 1.89. The third kappa shape index (κ3) is 1.78. The summed E-state index contributed by atoms with van der Waals surface area (Å²) in [4.78, 5) is 14.0. The molecule has 5 heteroatoms. The van der Waals surface area contributed by atoms with E-state index >= 15 is 0 Å². The van der Waals surface area contributed by atoms with E-state index in [1.807, 2.05) is 23.1 Å². The second-order valence-corrected chi connectivity index (χ2v) is 4.47. The first kappa shape index (κ1) is 10.3. The minimum absolute atomic E-state index is 0.0504. The monoisotopic (exact) mass is 230 g/mol. The number of H-pyrrole nitrogens is 1. The maximum Gasteiger partial charge on any atom is 0.253 e. The van der Waals surface area contributed by atoms with Gasteiger partial charge in [-0.1, -0.05) is 6.07 Å². The molecule has 1 atom stereocenters. The Morgan fingerprint density at radius 2 is 2.41 bits per heavy atom. The van der Waals surface area contributed by atoms with Gasteiger partial charge in [0.25, 0.3) is 5.91 Å². The molecule has 0 unspecified atom stereocenters. The number of aromatic nitrogens is 2. The molecule has 3 N–H and O–H groups in total. The standard InChI is InChI=1S/C12H14N4O/c13-10-3-4-16(7-10)12(17)8-1-2-9-6-14-15-11(9)5-8/h1-2,5-6,10H,3-4,7,13H2,(H,14,15)/t10-/m0/s1. The molecule has 2 heterocycles. The van der Waals surface area contributed by atoms with Crippen LogP contribution in [0.15, 0.2) is 24.4 Å². The Morgan fingerprint density at radius 3 is 3.18 bits per heavy atom. The molecule has 0 saturated carbocycles. The Labute approximate surface area is 98.6 Å². The van der Waals surface area contributed by atoms with Crippen molar-refractivity contribution >= 4 is 16.8 Å². The third-order valence-electron chi connectivity index (χ3n) is 3.20. The van der Waals surface area contributed by atoms with Crippen LogP contribution >= 0.6 is 0 Å². The van der Waals surface area contributed by atoms with E-state index in [1.54, 1.807) is 6.20 Å².